The van der Waals surface area contributed by atoms with Crippen LogP contribution in [0.3, 0.4) is 0 Å². The molecule has 0 aliphatic carbocycles. The molecule has 9 nitrogen and oxygen atoms in total. The highest BCUT2D eigenvalue weighted by molar-refractivity contribution is 6.31. The Balaban J connectivity index is 1.67. The van der Waals surface area contributed by atoms with Crippen LogP contribution in [-0.4, -0.2) is 33.9 Å². The Morgan fingerprint density at radius 1 is 1.03 bits per heavy atom. The molecule has 2 aromatic carbocycles. The number of anilines is 1. The van der Waals surface area contributed by atoms with Gasteiger partial charge in [0, 0.05) is 19.2 Å². The number of furan rings is 1. The molecule has 156 valence electrons. The molecule has 4 rings (SSSR count). The lowest BCUT2D eigenvalue weighted by Gasteiger charge is -2.23. The van der Waals surface area contributed by atoms with Gasteiger partial charge in [-0.2, -0.15) is 0 Å². The van der Waals surface area contributed by atoms with E-state index in [1.54, 1.807) is 12.1 Å². The maximum atomic E-state index is 12.9. The van der Waals surface area contributed by atoms with Crippen LogP contribution in [0.25, 0.3) is 17.4 Å². The molecule has 1 N–H and O–H groups in total. The summed E-state index contributed by atoms with van der Waals surface area (Å²) in [5.41, 5.74) is 1.40. The van der Waals surface area contributed by atoms with E-state index in [2.05, 4.69) is 0 Å². The molecular weight excluding hydrogens is 402 g/mol. The van der Waals surface area contributed by atoms with Gasteiger partial charge in [0.05, 0.1) is 16.2 Å². The third-order valence-electron chi connectivity index (χ3n) is 4.90. The third-order valence-corrected chi connectivity index (χ3v) is 4.90. The van der Waals surface area contributed by atoms with Crippen LogP contribution in [0.2, 0.25) is 0 Å². The molecule has 0 saturated carbocycles. The van der Waals surface area contributed by atoms with Gasteiger partial charge in [-0.3, -0.25) is 19.7 Å². The maximum absolute atomic E-state index is 12.9. The SMILES string of the molecule is Cc1ccc(N2C(=O)/C(=C\c3ccc(-c4cc([N+](=O)[O-])ccc4O)o3)C(=O)N2C)cc1. The average Bonchev–Trinajstić information content (AvgIpc) is 3.28. The number of carbonyl (C=O) groups excluding carboxylic acids is 2. The predicted octanol–water partition coefficient (Wildman–Crippen LogP) is 3.67. The van der Waals surface area contributed by atoms with E-state index in [1.165, 1.54) is 53.5 Å². The Hall–Kier alpha value is -4.40. The lowest BCUT2D eigenvalue weighted by atomic mass is 10.1. The van der Waals surface area contributed by atoms with Crippen molar-refractivity contribution < 1.29 is 24.0 Å². The summed E-state index contributed by atoms with van der Waals surface area (Å²) in [4.78, 5) is 36.0. The van der Waals surface area contributed by atoms with Crippen molar-refractivity contribution in [2.24, 2.45) is 0 Å². The van der Waals surface area contributed by atoms with Gasteiger partial charge >= 0.3 is 0 Å². The summed E-state index contributed by atoms with van der Waals surface area (Å²) in [6.07, 6.45) is 1.31. The molecule has 2 amide bonds. The molecule has 3 aromatic rings. The number of aromatic hydroxyl groups is 1. The molecule has 31 heavy (non-hydrogen) atoms. The van der Waals surface area contributed by atoms with E-state index in [-0.39, 0.29) is 34.1 Å². The second-order valence-corrected chi connectivity index (χ2v) is 7.00. The van der Waals surface area contributed by atoms with Crippen molar-refractivity contribution in [3.05, 3.63) is 81.6 Å². The summed E-state index contributed by atoms with van der Waals surface area (Å²) in [5.74, 6) is -0.849. The molecule has 9 heteroatoms. The van der Waals surface area contributed by atoms with Crippen LogP contribution < -0.4 is 5.01 Å². The summed E-state index contributed by atoms with van der Waals surface area (Å²) < 4.78 is 5.64. The number of nitro groups is 1. The number of aryl methyl sites for hydroxylation is 1. The molecule has 1 aliphatic rings. The predicted molar refractivity (Wildman–Crippen MR) is 112 cm³/mol. The molecule has 0 bridgehead atoms. The van der Waals surface area contributed by atoms with Gasteiger partial charge in [-0.1, -0.05) is 17.7 Å². The van der Waals surface area contributed by atoms with Crippen LogP contribution in [0, 0.1) is 17.0 Å². The average molecular weight is 419 g/mol. The number of phenolic OH excluding ortho intramolecular Hbond substituents is 1. The zero-order valence-electron chi connectivity index (χ0n) is 16.6. The van der Waals surface area contributed by atoms with E-state index in [4.69, 9.17) is 4.42 Å². The normalized spacial score (nSPS) is 15.2. The van der Waals surface area contributed by atoms with Crippen LogP contribution in [0.4, 0.5) is 11.4 Å². The first-order valence-electron chi connectivity index (χ1n) is 9.24. The fraction of sp³-hybridized carbons (Fsp3) is 0.0909. The van der Waals surface area contributed by atoms with Crippen molar-refractivity contribution >= 4 is 29.3 Å². The van der Waals surface area contributed by atoms with Crippen LogP contribution >= 0.6 is 0 Å². The lowest BCUT2D eigenvalue weighted by molar-refractivity contribution is -0.384. The fourth-order valence-electron chi connectivity index (χ4n) is 3.26. The standard InChI is InChI=1S/C22H17N3O6/c1-13-3-5-14(6-4-13)24-22(28)18(21(27)23(24)2)12-16-8-10-20(31-16)17-11-15(25(29)30)7-9-19(17)26/h3-12,26H,1-2H3/b18-12-. The van der Waals surface area contributed by atoms with E-state index in [1.807, 2.05) is 19.1 Å². The Labute approximate surface area is 176 Å². The summed E-state index contributed by atoms with van der Waals surface area (Å²) in [7, 11) is 1.50. The number of hydrogen-bond donors (Lipinski definition) is 1. The number of hydrogen-bond acceptors (Lipinski definition) is 6. The quantitative estimate of drug-likeness (QED) is 0.298. The number of hydrazine groups is 1. The minimum absolute atomic E-state index is 0.0905. The highest BCUT2D eigenvalue weighted by atomic mass is 16.6. The molecular formula is C22H17N3O6. The molecule has 0 radical (unpaired) electrons. The van der Waals surface area contributed by atoms with Gasteiger partial charge in [0.15, 0.2) is 0 Å². The minimum atomic E-state index is -0.583. The van der Waals surface area contributed by atoms with Crippen molar-refractivity contribution in [1.29, 1.82) is 0 Å². The zero-order chi connectivity index (χ0) is 22.3. The van der Waals surface area contributed by atoms with Gasteiger partial charge in [0.1, 0.15) is 22.8 Å². The number of phenols is 1. The number of nitro benzene ring substituents is 1. The first-order chi connectivity index (χ1) is 14.8. The highest BCUT2D eigenvalue weighted by Gasteiger charge is 2.39. The Kier molecular flexibility index (Phi) is 4.78. The molecule has 2 heterocycles. The Bertz CT molecular complexity index is 1240. The van der Waals surface area contributed by atoms with E-state index in [0.29, 0.717) is 5.69 Å². The van der Waals surface area contributed by atoms with E-state index in [0.717, 1.165) is 5.56 Å². The van der Waals surface area contributed by atoms with Gasteiger partial charge < -0.3 is 9.52 Å². The van der Waals surface area contributed by atoms with Gasteiger partial charge in [0.2, 0.25) is 0 Å². The molecule has 1 fully saturated rings. The number of rotatable bonds is 4. The number of nitrogens with zero attached hydrogens (tertiary/aromatic N) is 3. The molecule has 1 saturated heterocycles. The smallest absolute Gasteiger partial charge is 0.283 e. The first kappa shape index (κ1) is 19.9. The molecule has 0 atom stereocenters. The number of benzene rings is 2. The van der Waals surface area contributed by atoms with Crippen molar-refractivity contribution in [3.8, 4) is 17.1 Å². The number of carbonyl (C=O) groups is 2. The monoisotopic (exact) mass is 419 g/mol. The Morgan fingerprint density at radius 2 is 1.74 bits per heavy atom. The van der Waals surface area contributed by atoms with Crippen LogP contribution in [0.15, 0.2) is 64.6 Å². The van der Waals surface area contributed by atoms with Crippen LogP contribution in [0.1, 0.15) is 11.3 Å². The number of non-ortho nitro benzene ring substituents is 1. The van der Waals surface area contributed by atoms with E-state index in [9.17, 15) is 24.8 Å². The summed E-state index contributed by atoms with van der Waals surface area (Å²) in [5, 5.41) is 23.5. The molecule has 1 aliphatic heterocycles. The van der Waals surface area contributed by atoms with Gasteiger partial charge in [-0.25, -0.2) is 10.0 Å². The highest BCUT2D eigenvalue weighted by Crippen LogP contribution is 2.34. The van der Waals surface area contributed by atoms with E-state index >= 15 is 0 Å². The summed E-state index contributed by atoms with van der Waals surface area (Å²) >= 11 is 0. The number of likely N-dealkylation sites (N-methyl/N-ethyl adjacent to an activating group) is 1. The van der Waals surface area contributed by atoms with Crippen molar-refractivity contribution in [3.63, 3.8) is 0 Å². The van der Waals surface area contributed by atoms with Gasteiger partial charge in [-0.15, -0.1) is 0 Å². The zero-order valence-corrected chi connectivity index (χ0v) is 16.6. The van der Waals surface area contributed by atoms with E-state index < -0.39 is 16.7 Å². The molecule has 1 aromatic heterocycles. The molecule has 0 spiro atoms. The third kappa shape index (κ3) is 3.52. The van der Waals surface area contributed by atoms with Crippen LogP contribution in [0.5, 0.6) is 5.75 Å². The largest absolute Gasteiger partial charge is 0.507 e. The van der Waals surface area contributed by atoms with Gasteiger partial charge in [-0.05, 0) is 43.3 Å². The Morgan fingerprint density at radius 3 is 2.42 bits per heavy atom. The van der Waals surface area contributed by atoms with Gasteiger partial charge in [0.25, 0.3) is 17.5 Å². The second-order valence-electron chi connectivity index (χ2n) is 7.00. The topological polar surface area (TPSA) is 117 Å². The van der Waals surface area contributed by atoms with Crippen molar-refractivity contribution in [2.45, 2.75) is 6.92 Å². The fourth-order valence-corrected chi connectivity index (χ4v) is 3.26. The summed E-state index contributed by atoms with van der Waals surface area (Å²) in [6.45, 7) is 1.92. The second kappa shape index (κ2) is 7.45. The minimum Gasteiger partial charge on any atom is -0.507 e. The lowest BCUT2D eigenvalue weighted by Crippen LogP contribution is -2.37. The molecule has 0 unspecified atom stereocenters. The van der Waals surface area contributed by atoms with Crippen molar-refractivity contribution in [1.82, 2.24) is 5.01 Å². The van der Waals surface area contributed by atoms with Crippen molar-refractivity contribution in [2.75, 3.05) is 12.1 Å². The first-order valence-corrected chi connectivity index (χ1v) is 9.24. The summed E-state index contributed by atoms with van der Waals surface area (Å²) in [6, 6.07) is 13.7. The van der Waals surface area contributed by atoms with Crippen LogP contribution in [-0.2, 0) is 9.59 Å². The maximum Gasteiger partial charge on any atom is 0.283 e. The number of amides is 2.